The molecule has 0 aliphatic heterocycles. The van der Waals surface area contributed by atoms with Gasteiger partial charge < -0.3 is 0 Å². The number of nitrogens with zero attached hydrogens (tertiary/aromatic N) is 4. The van der Waals surface area contributed by atoms with Gasteiger partial charge in [-0.15, -0.1) is 10.2 Å². The Hall–Kier alpha value is -2.05. The van der Waals surface area contributed by atoms with Gasteiger partial charge in [-0.2, -0.15) is 22.8 Å². The molecule has 1 N–H and O–H groups in total. The lowest BCUT2D eigenvalue weighted by Crippen LogP contribution is -2.24. The molecule has 25 heavy (non-hydrogen) atoms. The number of halogens is 3. The molecule has 0 saturated heterocycles. The monoisotopic (exact) mass is 391 g/mol. The lowest BCUT2D eigenvalue weighted by molar-refractivity contribution is -0.146. The zero-order chi connectivity index (χ0) is 18.2. The zero-order valence-electron chi connectivity index (χ0n) is 12.8. The number of hydrogen-bond donors (Lipinski definition) is 1. The van der Waals surface area contributed by atoms with Crippen LogP contribution in [-0.4, -0.2) is 28.2 Å². The van der Waals surface area contributed by atoms with Gasteiger partial charge in [0.2, 0.25) is 15.0 Å². The Morgan fingerprint density at radius 2 is 1.88 bits per heavy atom. The highest BCUT2D eigenvalue weighted by Gasteiger charge is 2.38. The normalized spacial score (nSPS) is 12.8. The molecule has 0 spiro atoms. The van der Waals surface area contributed by atoms with Crippen LogP contribution in [0.25, 0.3) is 4.96 Å². The molecule has 0 saturated carbocycles. The molecule has 0 bridgehead atoms. The maximum atomic E-state index is 12.7. The first kappa shape index (κ1) is 17.8. The zero-order valence-corrected chi connectivity index (χ0v) is 14.4. The van der Waals surface area contributed by atoms with Crippen LogP contribution in [0.2, 0.25) is 0 Å². The number of hydrogen-bond acceptors (Lipinski definition) is 6. The van der Waals surface area contributed by atoms with E-state index >= 15 is 0 Å². The van der Waals surface area contributed by atoms with Crippen molar-refractivity contribution in [3.8, 4) is 0 Å². The highest BCUT2D eigenvalue weighted by Crippen LogP contribution is 2.28. The van der Waals surface area contributed by atoms with Gasteiger partial charge in [0.05, 0.1) is 12.3 Å². The molecule has 0 radical (unpaired) electrons. The molecule has 12 heteroatoms. The summed E-state index contributed by atoms with van der Waals surface area (Å²) in [5.41, 5.74) is 1.62. The fourth-order valence-corrected chi connectivity index (χ4v) is 3.99. The summed E-state index contributed by atoms with van der Waals surface area (Å²) < 4.78 is 65.3. The van der Waals surface area contributed by atoms with Gasteiger partial charge in [-0.05, 0) is 12.5 Å². The first-order valence-corrected chi connectivity index (χ1v) is 9.42. The van der Waals surface area contributed by atoms with Crippen molar-refractivity contribution in [1.29, 1.82) is 0 Å². The van der Waals surface area contributed by atoms with E-state index in [9.17, 15) is 21.6 Å². The van der Waals surface area contributed by atoms with E-state index in [0.717, 1.165) is 16.9 Å². The topological polar surface area (TPSA) is 89.2 Å². The molecule has 3 rings (SSSR count). The van der Waals surface area contributed by atoms with Crippen molar-refractivity contribution in [2.75, 3.05) is 0 Å². The molecule has 1 aromatic carbocycles. The minimum absolute atomic E-state index is 0.0555. The van der Waals surface area contributed by atoms with Gasteiger partial charge in [0.25, 0.3) is 5.82 Å². The summed E-state index contributed by atoms with van der Waals surface area (Å²) in [6, 6.07) is 7.00. The lowest BCUT2D eigenvalue weighted by Gasteiger charge is -2.05. The molecule has 0 aliphatic carbocycles. The second kappa shape index (κ2) is 6.35. The van der Waals surface area contributed by atoms with Crippen molar-refractivity contribution in [1.82, 2.24) is 24.5 Å². The van der Waals surface area contributed by atoms with Crippen LogP contribution in [0.3, 0.4) is 0 Å². The van der Waals surface area contributed by atoms with Crippen LogP contribution in [0.5, 0.6) is 0 Å². The van der Waals surface area contributed by atoms with Gasteiger partial charge >= 0.3 is 6.18 Å². The Balaban J connectivity index is 1.71. The average Bonchev–Trinajstić information content (AvgIpc) is 3.06. The fraction of sp³-hybridized carbons (Fsp3) is 0.308. The predicted octanol–water partition coefficient (Wildman–Crippen LogP) is 2.13. The third-order valence-electron chi connectivity index (χ3n) is 3.21. The van der Waals surface area contributed by atoms with Crippen LogP contribution < -0.4 is 4.72 Å². The van der Waals surface area contributed by atoms with Gasteiger partial charge in [0.15, 0.2) is 0 Å². The Labute approximate surface area is 144 Å². The molecule has 134 valence electrons. The third kappa shape index (κ3) is 4.14. The Morgan fingerprint density at radius 3 is 2.52 bits per heavy atom. The van der Waals surface area contributed by atoms with E-state index in [4.69, 9.17) is 0 Å². The number of aromatic nitrogens is 4. The van der Waals surface area contributed by atoms with Gasteiger partial charge in [0.1, 0.15) is 5.01 Å². The molecule has 0 unspecified atom stereocenters. The lowest BCUT2D eigenvalue weighted by atomic mass is 10.2. The number of rotatable bonds is 5. The van der Waals surface area contributed by atoms with Gasteiger partial charge in [-0.25, -0.2) is 13.1 Å². The second-order valence-corrected chi connectivity index (χ2v) is 8.12. The molecule has 0 fully saturated rings. The maximum Gasteiger partial charge on any atom is 0.453 e. The van der Waals surface area contributed by atoms with Crippen LogP contribution in [0.1, 0.15) is 22.0 Å². The van der Waals surface area contributed by atoms with E-state index in [0.29, 0.717) is 10.1 Å². The molecule has 3 aromatic rings. The fourth-order valence-electron chi connectivity index (χ4n) is 2.03. The number of aryl methyl sites for hydroxylation is 1. The van der Waals surface area contributed by atoms with Crippen LogP contribution >= 0.6 is 11.3 Å². The van der Waals surface area contributed by atoms with Crippen LogP contribution in [0.15, 0.2) is 24.3 Å². The number of benzene rings is 1. The Kier molecular flexibility index (Phi) is 4.51. The number of nitrogens with one attached hydrogen (secondary N) is 1. The number of sulfonamides is 1. The van der Waals surface area contributed by atoms with Crippen molar-refractivity contribution >= 4 is 26.3 Å². The van der Waals surface area contributed by atoms with E-state index in [1.54, 1.807) is 24.3 Å². The first-order valence-electron chi connectivity index (χ1n) is 6.95. The van der Waals surface area contributed by atoms with Crippen molar-refractivity contribution < 1.29 is 21.6 Å². The molecule has 2 aromatic heterocycles. The van der Waals surface area contributed by atoms with E-state index in [1.807, 2.05) is 6.92 Å². The summed E-state index contributed by atoms with van der Waals surface area (Å²) in [6.07, 6.45) is -4.68. The van der Waals surface area contributed by atoms with Gasteiger partial charge in [0, 0.05) is 0 Å². The standard InChI is InChI=1S/C13H12F3N5O2S2/c1-8-2-4-9(5-3-8)7-25(22,23)17-6-10-20-21-11(13(14,15)16)18-19-12(21)24-10/h2-5,17H,6-7H2,1H3. The third-order valence-corrected chi connectivity index (χ3v) is 5.40. The second-order valence-electron chi connectivity index (χ2n) is 5.28. The first-order chi connectivity index (χ1) is 11.6. The molecular formula is C13H12F3N5O2S2. The predicted molar refractivity (Wildman–Crippen MR) is 84.3 cm³/mol. The minimum atomic E-state index is -4.68. The molecule has 0 aliphatic rings. The smallest absolute Gasteiger partial charge is 0.212 e. The van der Waals surface area contributed by atoms with Crippen LogP contribution in [0.4, 0.5) is 13.2 Å². The van der Waals surface area contributed by atoms with Crippen molar-refractivity contribution in [3.63, 3.8) is 0 Å². The quantitative estimate of drug-likeness (QED) is 0.720. The molecule has 0 atom stereocenters. The molecule has 2 heterocycles. The maximum absolute atomic E-state index is 12.7. The van der Waals surface area contributed by atoms with Crippen LogP contribution in [0, 0.1) is 6.92 Å². The summed E-state index contributed by atoms with van der Waals surface area (Å²) in [5.74, 6) is -1.47. The van der Waals surface area contributed by atoms with Gasteiger partial charge in [-0.1, -0.05) is 41.2 Å². The van der Waals surface area contributed by atoms with Crippen molar-refractivity contribution in [2.45, 2.75) is 25.4 Å². The van der Waals surface area contributed by atoms with Crippen LogP contribution in [-0.2, 0) is 28.5 Å². The SMILES string of the molecule is Cc1ccc(CS(=O)(=O)NCc2nn3c(C(F)(F)F)nnc3s2)cc1. The molecule has 7 nitrogen and oxygen atoms in total. The molecular weight excluding hydrogens is 379 g/mol. The highest BCUT2D eigenvalue weighted by atomic mass is 32.2. The van der Waals surface area contributed by atoms with Gasteiger partial charge in [-0.3, -0.25) is 0 Å². The Morgan fingerprint density at radius 1 is 1.20 bits per heavy atom. The van der Waals surface area contributed by atoms with Crippen molar-refractivity contribution in [2.24, 2.45) is 0 Å². The summed E-state index contributed by atoms with van der Waals surface area (Å²) in [7, 11) is -3.66. The number of alkyl halides is 3. The minimum Gasteiger partial charge on any atom is -0.212 e. The largest absolute Gasteiger partial charge is 0.453 e. The van der Waals surface area contributed by atoms with Crippen molar-refractivity contribution in [3.05, 3.63) is 46.2 Å². The van der Waals surface area contributed by atoms with E-state index in [2.05, 4.69) is 20.0 Å². The summed E-state index contributed by atoms with van der Waals surface area (Å²) in [5, 5.41) is 10.3. The van der Waals surface area contributed by atoms with E-state index in [-0.39, 0.29) is 22.3 Å². The summed E-state index contributed by atoms with van der Waals surface area (Å²) in [4.78, 5) is -0.0555. The Bertz CT molecular complexity index is 993. The highest BCUT2D eigenvalue weighted by molar-refractivity contribution is 7.88. The summed E-state index contributed by atoms with van der Waals surface area (Å²) in [6.45, 7) is 1.67. The number of fused-ring (bicyclic) bond motifs is 1. The molecule has 0 amide bonds. The summed E-state index contributed by atoms with van der Waals surface area (Å²) >= 11 is 0.834. The van der Waals surface area contributed by atoms with E-state index < -0.39 is 22.0 Å². The van der Waals surface area contributed by atoms with E-state index in [1.165, 1.54) is 0 Å². The average molecular weight is 391 g/mol.